The van der Waals surface area contributed by atoms with E-state index >= 15 is 0 Å². The van der Waals surface area contributed by atoms with E-state index in [1.807, 2.05) is 0 Å². The molecule has 288 valence electrons. The van der Waals surface area contributed by atoms with Crippen LogP contribution in [0.1, 0.15) is 0 Å². The standard InChI is InChI=1S/C24H20P.4C2H4N4S.Au.H2O/c1-5-13-21(14-6-1)25(22-15-7-2-8-16-22,23-17-9-3-10-18-23)24-19-11-4-12-20-24;4*1-6-2(7)3-4-5-6;;/h1-20H;4*1H3,(H,3,5,7);;1H2/q+1;;;;;+3;/p-4. The molecule has 0 fully saturated rings. The number of rotatable bonds is 4. The van der Waals surface area contributed by atoms with E-state index < -0.39 is 7.26 Å². The maximum Gasteiger partial charge on any atom is 3.00 e. The molecule has 2 N–H and O–H groups in total. The van der Waals surface area contributed by atoms with Gasteiger partial charge in [-0.25, -0.2) is 0 Å². The van der Waals surface area contributed by atoms with Crippen LogP contribution in [-0.4, -0.2) is 86.3 Å². The largest absolute Gasteiger partial charge is 3.00 e. The summed E-state index contributed by atoms with van der Waals surface area (Å²) in [5, 5.41) is 47.9. The van der Waals surface area contributed by atoms with E-state index in [0.717, 1.165) is 0 Å². The molecule has 0 aliphatic heterocycles. The van der Waals surface area contributed by atoms with Crippen LogP contribution in [0.25, 0.3) is 0 Å². The molecule has 0 radical (unpaired) electrons. The number of hydrogen-bond donors (Lipinski definition) is 0. The molecule has 0 saturated heterocycles. The maximum absolute atomic E-state index is 4.61. The molecule has 0 aliphatic rings. The number of tetrazole rings is 4. The van der Waals surface area contributed by atoms with Crippen LogP contribution in [0, 0.1) is 0 Å². The number of hydrogen-bond acceptors (Lipinski definition) is 16. The topological polar surface area (TPSA) is 206 Å². The zero-order valence-electron chi connectivity index (χ0n) is 29.6. The van der Waals surface area contributed by atoms with Crippen LogP contribution in [0.5, 0.6) is 0 Å². The van der Waals surface area contributed by atoms with Gasteiger partial charge in [-0.3, -0.25) is 18.7 Å². The van der Waals surface area contributed by atoms with Crippen LogP contribution in [0.3, 0.4) is 0 Å². The number of aryl methyl sites for hydroxylation is 4. The predicted molar refractivity (Wildman–Crippen MR) is 213 cm³/mol. The van der Waals surface area contributed by atoms with Crippen LogP contribution in [-0.2, 0) is 101 Å². The predicted octanol–water partition coefficient (Wildman–Crippen LogP) is -0.0576. The maximum atomic E-state index is 4.61. The van der Waals surface area contributed by atoms with Crippen molar-refractivity contribution in [1.82, 2.24) is 80.8 Å². The summed E-state index contributed by atoms with van der Waals surface area (Å²) in [6.07, 6.45) is 0. The summed E-state index contributed by atoms with van der Waals surface area (Å²) >= 11 is 18.5. The Morgan fingerprint density at radius 2 is 0.545 bits per heavy atom. The second-order valence-corrected chi connectivity index (χ2v) is 15.2. The molecule has 4 heterocycles. The van der Waals surface area contributed by atoms with Gasteiger partial charge in [0.2, 0.25) is 0 Å². The van der Waals surface area contributed by atoms with Crippen molar-refractivity contribution in [2.24, 2.45) is 28.2 Å². The van der Waals surface area contributed by atoms with Crippen molar-refractivity contribution in [2.45, 2.75) is 20.6 Å². The third kappa shape index (κ3) is 13.2. The van der Waals surface area contributed by atoms with Gasteiger partial charge in [0, 0.05) is 48.8 Å². The monoisotopic (exact) mass is 1010 g/mol. The molecular weight excluding hydrogens is 981 g/mol. The van der Waals surface area contributed by atoms with Crippen LogP contribution < -0.4 is 21.2 Å². The summed E-state index contributed by atoms with van der Waals surface area (Å²) in [5.74, 6) is 0. The first kappa shape index (κ1) is 46.3. The number of benzene rings is 4. The minimum Gasteiger partial charge on any atom is -0.739 e. The quantitative estimate of drug-likeness (QED) is 0.129. The molecule has 0 saturated carbocycles. The summed E-state index contributed by atoms with van der Waals surface area (Å²) in [6.45, 7) is 0. The fraction of sp³-hybridized carbons (Fsp3) is 0.125. The van der Waals surface area contributed by atoms with Gasteiger partial charge in [0.15, 0.2) is 0 Å². The van der Waals surface area contributed by atoms with Gasteiger partial charge in [-0.15, -0.1) is 20.4 Å². The van der Waals surface area contributed by atoms with E-state index in [1.54, 1.807) is 28.2 Å². The van der Waals surface area contributed by atoms with Crippen molar-refractivity contribution in [3.63, 3.8) is 0 Å². The Morgan fingerprint density at radius 3 is 0.655 bits per heavy atom. The Hall–Kier alpha value is -4.83. The Morgan fingerprint density at radius 1 is 0.364 bits per heavy atom. The second-order valence-electron chi connectivity index (χ2n) is 10.4. The fourth-order valence-electron chi connectivity index (χ4n) is 4.39. The van der Waals surface area contributed by atoms with Crippen LogP contribution in [0.4, 0.5) is 0 Å². The molecule has 0 spiro atoms. The zero-order valence-corrected chi connectivity index (χ0v) is 35.9. The van der Waals surface area contributed by atoms with Gasteiger partial charge >= 0.3 is 22.4 Å². The molecule has 23 heteroatoms. The first-order valence-electron chi connectivity index (χ1n) is 15.3. The zero-order chi connectivity index (χ0) is 38.1. The molecule has 0 atom stereocenters. The Labute approximate surface area is 355 Å². The van der Waals surface area contributed by atoms with Crippen molar-refractivity contribution >= 4 is 79.0 Å². The fourth-order valence-corrected chi connectivity index (χ4v) is 8.94. The summed E-state index contributed by atoms with van der Waals surface area (Å²) in [5.41, 5.74) is 0. The van der Waals surface area contributed by atoms with Crippen molar-refractivity contribution in [3.05, 3.63) is 121 Å². The molecule has 0 bridgehead atoms. The Bertz CT molecular complexity index is 1830. The average molecular weight is 1010 g/mol. The smallest absolute Gasteiger partial charge is 0.739 e. The minimum absolute atomic E-state index is 0. The minimum atomic E-state index is -1.91. The van der Waals surface area contributed by atoms with Crippen molar-refractivity contribution in [1.29, 1.82) is 0 Å². The van der Waals surface area contributed by atoms with E-state index in [9.17, 15) is 0 Å². The van der Waals surface area contributed by atoms with Crippen LogP contribution in [0.15, 0.2) is 142 Å². The van der Waals surface area contributed by atoms with E-state index in [0.29, 0.717) is 20.6 Å². The number of nitrogens with zero attached hydrogens (tertiary/aromatic N) is 16. The first-order valence-corrected chi connectivity index (χ1v) is 18.8. The van der Waals surface area contributed by atoms with Gasteiger partial charge in [0.25, 0.3) is 0 Å². The van der Waals surface area contributed by atoms with Gasteiger partial charge < -0.3 is 56.0 Å². The summed E-state index contributed by atoms with van der Waals surface area (Å²) in [7, 11) is 4.88. The summed E-state index contributed by atoms with van der Waals surface area (Å²) < 4.78 is 5.70. The van der Waals surface area contributed by atoms with Gasteiger partial charge in [-0.1, -0.05) is 72.8 Å². The van der Waals surface area contributed by atoms with E-state index in [-0.39, 0.29) is 27.9 Å². The Kier molecular flexibility index (Phi) is 20.1. The first-order chi connectivity index (χ1) is 25.6. The van der Waals surface area contributed by atoms with E-state index in [4.69, 9.17) is 0 Å². The SMILES string of the molecule is Cn1nnnc1[S-].Cn1nnnc1[S-].Cn1nnnc1[S-].Cn1nnnc1[S-].O.[Au+3].c1ccc([P+](c2ccccc2)(c2ccccc2)c2ccccc2)cc1. The van der Waals surface area contributed by atoms with Gasteiger partial charge in [-0.05, 0) is 90.2 Å². The normalized spacial score (nSPS) is 9.82. The molecular formula is C32H34AuN16OPS4. The van der Waals surface area contributed by atoms with Crippen LogP contribution >= 0.6 is 7.26 Å². The van der Waals surface area contributed by atoms with Gasteiger partial charge in [0.1, 0.15) is 28.5 Å². The second kappa shape index (κ2) is 23.8. The molecule has 0 unspecified atom stereocenters. The van der Waals surface area contributed by atoms with Crippen molar-refractivity contribution in [2.75, 3.05) is 0 Å². The third-order valence-electron chi connectivity index (χ3n) is 6.90. The van der Waals surface area contributed by atoms with Crippen molar-refractivity contribution in [3.8, 4) is 0 Å². The third-order valence-corrected chi connectivity index (χ3v) is 12.6. The van der Waals surface area contributed by atoms with E-state index in [1.165, 1.54) is 39.9 Å². The molecule has 0 aliphatic carbocycles. The summed E-state index contributed by atoms with van der Waals surface area (Å²) in [6, 6.07) is 43.8. The van der Waals surface area contributed by atoms with Gasteiger partial charge in [0.05, 0.1) is 0 Å². The molecule has 8 aromatic rings. The molecule has 8 rings (SSSR count). The van der Waals surface area contributed by atoms with Crippen LogP contribution in [0.2, 0.25) is 0 Å². The molecule has 17 nitrogen and oxygen atoms in total. The van der Waals surface area contributed by atoms with Gasteiger partial charge in [-0.2, -0.15) is 0 Å². The Balaban J connectivity index is 0.000000283. The molecule has 4 aromatic carbocycles. The summed E-state index contributed by atoms with van der Waals surface area (Å²) in [4.78, 5) is 0. The molecule has 55 heavy (non-hydrogen) atoms. The molecule has 0 amide bonds. The van der Waals surface area contributed by atoms with Crippen molar-refractivity contribution < 1.29 is 27.9 Å². The van der Waals surface area contributed by atoms with E-state index in [2.05, 4.69) is 234 Å². The number of aromatic nitrogens is 16. The molecule has 4 aromatic heterocycles. The average Bonchev–Trinajstić information content (AvgIpc) is 3.98.